The van der Waals surface area contributed by atoms with Crippen molar-refractivity contribution in [1.29, 1.82) is 0 Å². The minimum absolute atomic E-state index is 0.0197. The van der Waals surface area contributed by atoms with Crippen LogP contribution < -0.4 is 15.5 Å². The molecule has 3 aromatic rings. The number of rotatable bonds is 8. The molecule has 3 N–H and O–H groups in total. The number of quaternary nitrogens is 1. The van der Waals surface area contributed by atoms with Crippen LogP contribution in [0.2, 0.25) is 0 Å². The van der Waals surface area contributed by atoms with Gasteiger partial charge < -0.3 is 20.0 Å². The van der Waals surface area contributed by atoms with Crippen LogP contribution in [-0.2, 0) is 9.59 Å². The zero-order valence-corrected chi connectivity index (χ0v) is 16.8. The molecule has 0 unspecified atom stereocenters. The summed E-state index contributed by atoms with van der Waals surface area (Å²) in [5.74, 6) is 0.989. The van der Waals surface area contributed by atoms with E-state index < -0.39 is 0 Å². The fourth-order valence-corrected chi connectivity index (χ4v) is 3.80. The Morgan fingerprint density at radius 1 is 1.07 bits per heavy atom. The van der Waals surface area contributed by atoms with Crippen LogP contribution in [0, 0.1) is 0 Å². The van der Waals surface area contributed by atoms with Crippen LogP contribution in [0.1, 0.15) is 36.6 Å². The van der Waals surface area contributed by atoms with Crippen molar-refractivity contribution in [2.75, 3.05) is 23.3 Å². The second-order valence-corrected chi connectivity index (χ2v) is 7.42. The third-order valence-electron chi connectivity index (χ3n) is 5.32. The SMILES string of the molecule is O=C(CC[NH2+][C@@H](c1ccccc1)c1ccco1)Nc1ccc(N2CCCC2=O)cc1. The van der Waals surface area contributed by atoms with E-state index in [9.17, 15) is 9.59 Å². The van der Waals surface area contributed by atoms with Crippen LogP contribution in [0.3, 0.4) is 0 Å². The number of nitrogens with two attached hydrogens (primary N) is 1. The smallest absolute Gasteiger partial charge is 0.230 e. The molecular weight excluding hydrogens is 378 g/mol. The first-order valence-electron chi connectivity index (χ1n) is 10.3. The summed E-state index contributed by atoms with van der Waals surface area (Å²) in [6.45, 7) is 1.39. The Morgan fingerprint density at radius 2 is 1.87 bits per heavy atom. The van der Waals surface area contributed by atoms with Crippen LogP contribution in [0.15, 0.2) is 77.4 Å². The van der Waals surface area contributed by atoms with Crippen LogP contribution in [0.5, 0.6) is 0 Å². The Hall–Kier alpha value is -3.38. The zero-order valence-electron chi connectivity index (χ0n) is 16.8. The van der Waals surface area contributed by atoms with Crippen LogP contribution >= 0.6 is 0 Å². The van der Waals surface area contributed by atoms with Crippen LogP contribution in [0.25, 0.3) is 0 Å². The Morgan fingerprint density at radius 3 is 2.53 bits per heavy atom. The molecule has 2 heterocycles. The molecule has 0 bridgehead atoms. The quantitative estimate of drug-likeness (QED) is 0.606. The van der Waals surface area contributed by atoms with E-state index in [0.717, 1.165) is 35.7 Å². The molecule has 2 amide bonds. The van der Waals surface area contributed by atoms with Crippen molar-refractivity contribution in [3.8, 4) is 0 Å². The van der Waals surface area contributed by atoms with Crippen LogP contribution in [-0.4, -0.2) is 24.9 Å². The predicted molar refractivity (Wildman–Crippen MR) is 115 cm³/mol. The molecule has 2 aromatic carbocycles. The molecule has 1 aromatic heterocycles. The summed E-state index contributed by atoms with van der Waals surface area (Å²) < 4.78 is 5.60. The Kier molecular flexibility index (Phi) is 6.25. The van der Waals surface area contributed by atoms with Gasteiger partial charge in [-0.15, -0.1) is 0 Å². The Balaban J connectivity index is 1.30. The summed E-state index contributed by atoms with van der Waals surface area (Å²) in [7, 11) is 0. The number of anilines is 2. The molecule has 1 atom stereocenters. The lowest BCUT2D eigenvalue weighted by atomic mass is 10.0. The number of carbonyl (C=O) groups is 2. The standard InChI is InChI=1S/C24H25N3O3/c28-22(26-19-10-12-20(13-11-19)27-16-4-9-23(27)29)14-15-25-24(21-8-5-17-30-21)18-6-2-1-3-7-18/h1-3,5-8,10-13,17,24-25H,4,9,14-16H2,(H,26,28)/p+1/t24-/m0/s1. The van der Waals surface area contributed by atoms with E-state index >= 15 is 0 Å². The summed E-state index contributed by atoms with van der Waals surface area (Å²) in [5.41, 5.74) is 2.76. The first-order valence-corrected chi connectivity index (χ1v) is 10.3. The summed E-state index contributed by atoms with van der Waals surface area (Å²) in [4.78, 5) is 26.0. The first kappa shape index (κ1) is 19.9. The van der Waals surface area contributed by atoms with Gasteiger partial charge in [0.15, 0.2) is 11.8 Å². The molecule has 30 heavy (non-hydrogen) atoms. The molecule has 4 rings (SSSR count). The number of nitrogens with one attached hydrogen (secondary N) is 1. The highest BCUT2D eigenvalue weighted by molar-refractivity contribution is 5.96. The maximum atomic E-state index is 12.4. The van der Waals surface area contributed by atoms with Crippen molar-refractivity contribution >= 4 is 23.2 Å². The van der Waals surface area contributed by atoms with Crippen molar-refractivity contribution in [1.82, 2.24) is 0 Å². The van der Waals surface area contributed by atoms with Crippen LogP contribution in [0.4, 0.5) is 11.4 Å². The van der Waals surface area contributed by atoms with Crippen molar-refractivity contribution in [2.45, 2.75) is 25.3 Å². The molecule has 0 aliphatic carbocycles. The first-order chi connectivity index (χ1) is 14.7. The van der Waals surface area contributed by atoms with E-state index in [4.69, 9.17) is 4.42 Å². The van der Waals surface area contributed by atoms with Gasteiger partial charge in [-0.1, -0.05) is 30.3 Å². The summed E-state index contributed by atoms with van der Waals surface area (Å²) >= 11 is 0. The third-order valence-corrected chi connectivity index (χ3v) is 5.32. The van der Waals surface area contributed by atoms with E-state index in [-0.39, 0.29) is 17.9 Å². The fraction of sp³-hybridized carbons (Fsp3) is 0.250. The highest BCUT2D eigenvalue weighted by Gasteiger charge is 2.22. The number of hydrogen-bond donors (Lipinski definition) is 2. The number of benzene rings is 2. The van der Waals surface area contributed by atoms with Gasteiger partial charge in [0.1, 0.15) is 0 Å². The predicted octanol–water partition coefficient (Wildman–Crippen LogP) is 3.09. The molecule has 1 aliphatic heterocycles. The van der Waals surface area contributed by atoms with Crippen molar-refractivity contribution in [2.24, 2.45) is 0 Å². The normalized spacial score (nSPS) is 14.7. The molecule has 0 spiro atoms. The van der Waals surface area contributed by atoms with Gasteiger partial charge in [0.05, 0.1) is 19.2 Å². The van der Waals surface area contributed by atoms with Crippen molar-refractivity contribution in [3.05, 3.63) is 84.3 Å². The maximum Gasteiger partial charge on any atom is 0.230 e. The molecule has 1 fully saturated rings. The molecule has 6 heteroatoms. The number of amides is 2. The van der Waals surface area contributed by atoms with Gasteiger partial charge in [-0.25, -0.2) is 0 Å². The van der Waals surface area contributed by atoms with Gasteiger partial charge in [-0.3, -0.25) is 9.59 Å². The lowest BCUT2D eigenvalue weighted by Crippen LogP contribution is -2.85. The lowest BCUT2D eigenvalue weighted by Gasteiger charge is -2.16. The van der Waals surface area contributed by atoms with E-state index in [1.807, 2.05) is 54.6 Å². The molecule has 0 saturated carbocycles. The fourth-order valence-electron chi connectivity index (χ4n) is 3.80. The molecule has 1 saturated heterocycles. The largest absolute Gasteiger partial charge is 0.463 e. The van der Waals surface area contributed by atoms with Gasteiger partial charge in [0.25, 0.3) is 0 Å². The van der Waals surface area contributed by atoms with Crippen molar-refractivity contribution < 1.29 is 19.3 Å². The van der Waals surface area contributed by atoms with Crippen molar-refractivity contribution in [3.63, 3.8) is 0 Å². The summed E-state index contributed by atoms with van der Waals surface area (Å²) in [6.07, 6.45) is 3.56. The second-order valence-electron chi connectivity index (χ2n) is 7.42. The Bertz CT molecular complexity index is 969. The third kappa shape index (κ3) is 4.78. The van der Waals surface area contributed by atoms with Gasteiger partial charge in [0, 0.05) is 29.9 Å². The molecule has 6 nitrogen and oxygen atoms in total. The Labute approximate surface area is 175 Å². The molecule has 154 valence electrons. The zero-order chi connectivity index (χ0) is 20.8. The summed E-state index contributed by atoms with van der Waals surface area (Å²) in [6, 6.07) is 21.4. The van der Waals surface area contributed by atoms with Gasteiger partial charge in [-0.05, 0) is 42.8 Å². The topological polar surface area (TPSA) is 79.2 Å². The van der Waals surface area contributed by atoms with E-state index in [0.29, 0.717) is 19.4 Å². The second kappa shape index (κ2) is 9.41. The van der Waals surface area contributed by atoms with E-state index in [1.165, 1.54) is 0 Å². The minimum atomic E-state index is -0.0393. The molecular formula is C24H26N3O3+. The van der Waals surface area contributed by atoms with Gasteiger partial charge in [0.2, 0.25) is 11.8 Å². The van der Waals surface area contributed by atoms with Gasteiger partial charge in [-0.2, -0.15) is 0 Å². The highest BCUT2D eigenvalue weighted by atomic mass is 16.3. The number of hydrogen-bond acceptors (Lipinski definition) is 3. The maximum absolute atomic E-state index is 12.4. The monoisotopic (exact) mass is 404 g/mol. The highest BCUT2D eigenvalue weighted by Crippen LogP contribution is 2.23. The number of furan rings is 1. The average molecular weight is 404 g/mol. The lowest BCUT2D eigenvalue weighted by molar-refractivity contribution is -0.687. The molecule has 0 radical (unpaired) electrons. The van der Waals surface area contributed by atoms with Gasteiger partial charge >= 0.3 is 0 Å². The summed E-state index contributed by atoms with van der Waals surface area (Å²) in [5, 5.41) is 5.05. The average Bonchev–Trinajstić information content (AvgIpc) is 3.44. The van der Waals surface area contributed by atoms with E-state index in [1.54, 1.807) is 11.2 Å². The number of carbonyl (C=O) groups excluding carboxylic acids is 2. The molecule has 1 aliphatic rings. The van der Waals surface area contributed by atoms with E-state index in [2.05, 4.69) is 22.8 Å². The number of nitrogens with zero attached hydrogens (tertiary/aromatic N) is 1. The minimum Gasteiger partial charge on any atom is -0.463 e.